The summed E-state index contributed by atoms with van der Waals surface area (Å²) in [4.78, 5) is 22.4. The third kappa shape index (κ3) is 7.49. The molecule has 0 aromatic heterocycles. The lowest BCUT2D eigenvalue weighted by molar-refractivity contribution is -0.144. The average Bonchev–Trinajstić information content (AvgIpc) is 2.85. The first-order chi connectivity index (χ1) is 16.1. The number of piperazine rings is 1. The Kier molecular flexibility index (Phi) is 9.57. The van der Waals surface area contributed by atoms with E-state index in [0.29, 0.717) is 31.2 Å². The summed E-state index contributed by atoms with van der Waals surface area (Å²) in [6, 6.07) is 16.0. The Bertz CT molecular complexity index is 896. The Morgan fingerprint density at radius 2 is 1.85 bits per heavy atom. The van der Waals surface area contributed by atoms with Crippen molar-refractivity contribution in [3.63, 3.8) is 0 Å². The lowest BCUT2D eigenvalue weighted by Crippen LogP contribution is -2.50. The largest absolute Gasteiger partial charge is 0.493 e. The van der Waals surface area contributed by atoms with Crippen molar-refractivity contribution in [2.45, 2.75) is 39.3 Å². The Hall–Kier alpha value is -3.06. The number of amides is 1. The minimum atomic E-state index is -0.638. The van der Waals surface area contributed by atoms with Gasteiger partial charge in [-0.2, -0.15) is 0 Å². The number of methoxy groups -OCH3 is 1. The van der Waals surface area contributed by atoms with E-state index in [1.807, 2.05) is 29.2 Å². The van der Waals surface area contributed by atoms with Gasteiger partial charge in [-0.15, -0.1) is 0 Å². The number of carbonyl (C=O) groups is 1. The van der Waals surface area contributed by atoms with E-state index >= 15 is 0 Å². The highest BCUT2D eigenvalue weighted by Crippen LogP contribution is 2.27. The average molecular weight is 454 g/mol. The van der Waals surface area contributed by atoms with Gasteiger partial charge in [-0.3, -0.25) is 9.69 Å². The van der Waals surface area contributed by atoms with Crippen LogP contribution in [0.3, 0.4) is 0 Å². The number of rotatable bonds is 11. The van der Waals surface area contributed by atoms with E-state index in [1.165, 1.54) is 5.56 Å². The molecule has 0 radical (unpaired) electrons. The van der Waals surface area contributed by atoms with Crippen molar-refractivity contribution in [3.8, 4) is 11.5 Å². The van der Waals surface area contributed by atoms with Crippen molar-refractivity contribution in [1.82, 2.24) is 9.80 Å². The summed E-state index contributed by atoms with van der Waals surface area (Å²) in [5, 5.41) is 4.03. The lowest BCUT2D eigenvalue weighted by Gasteiger charge is -2.35. The molecular weight excluding hydrogens is 418 g/mol. The molecule has 1 saturated heterocycles. The monoisotopic (exact) mass is 453 g/mol. The van der Waals surface area contributed by atoms with Gasteiger partial charge in [0.05, 0.1) is 19.9 Å². The van der Waals surface area contributed by atoms with E-state index in [1.54, 1.807) is 20.2 Å². The molecule has 1 aliphatic heterocycles. The molecule has 0 spiro atoms. The van der Waals surface area contributed by atoms with Crippen LogP contribution in [0.1, 0.15) is 37.8 Å². The number of ether oxygens (including phenoxy) is 2. The minimum Gasteiger partial charge on any atom is -0.493 e. The predicted molar refractivity (Wildman–Crippen MR) is 130 cm³/mol. The zero-order chi connectivity index (χ0) is 23.5. The number of nitrogens with zero attached hydrogens (tertiary/aromatic N) is 3. The van der Waals surface area contributed by atoms with E-state index in [2.05, 4.69) is 41.2 Å². The second kappa shape index (κ2) is 12.8. The van der Waals surface area contributed by atoms with Crippen molar-refractivity contribution in [2.75, 3.05) is 39.9 Å². The summed E-state index contributed by atoms with van der Waals surface area (Å²) in [5.74, 6) is 1.32. The molecule has 1 unspecified atom stereocenters. The minimum absolute atomic E-state index is 0.0382. The molecular formula is C26H35N3O4. The molecule has 178 valence electrons. The molecule has 1 aliphatic rings. The lowest BCUT2D eigenvalue weighted by atomic mass is 10.2. The molecule has 0 bridgehead atoms. The maximum Gasteiger partial charge on any atom is 0.266 e. The van der Waals surface area contributed by atoms with Crippen LogP contribution >= 0.6 is 0 Å². The van der Waals surface area contributed by atoms with Gasteiger partial charge in [0.15, 0.2) is 11.5 Å². The third-order valence-corrected chi connectivity index (χ3v) is 5.64. The van der Waals surface area contributed by atoms with Crippen LogP contribution in [0.15, 0.2) is 53.7 Å². The molecule has 0 saturated carbocycles. The van der Waals surface area contributed by atoms with Crippen LogP contribution in [-0.2, 0) is 16.2 Å². The fourth-order valence-corrected chi connectivity index (χ4v) is 3.66. The Balaban J connectivity index is 1.45. The third-order valence-electron chi connectivity index (χ3n) is 5.64. The summed E-state index contributed by atoms with van der Waals surface area (Å²) in [6.07, 6.45) is 3.01. The van der Waals surface area contributed by atoms with Crippen LogP contribution in [0.25, 0.3) is 0 Å². The van der Waals surface area contributed by atoms with Crippen LogP contribution in [0.5, 0.6) is 11.5 Å². The highest BCUT2D eigenvalue weighted by Gasteiger charge is 2.26. The number of unbranched alkanes of at least 4 members (excludes halogenated alkanes) is 1. The molecule has 7 nitrogen and oxygen atoms in total. The highest BCUT2D eigenvalue weighted by molar-refractivity contribution is 5.82. The van der Waals surface area contributed by atoms with E-state index in [4.69, 9.17) is 14.3 Å². The summed E-state index contributed by atoms with van der Waals surface area (Å²) < 4.78 is 11.2. The molecule has 1 fully saturated rings. The molecule has 7 heteroatoms. The first kappa shape index (κ1) is 24.6. The molecule has 0 N–H and O–H groups in total. The molecule has 2 aromatic carbocycles. The first-order valence-corrected chi connectivity index (χ1v) is 11.7. The fraction of sp³-hybridized carbons (Fsp3) is 0.462. The Morgan fingerprint density at radius 1 is 1.09 bits per heavy atom. The smallest absolute Gasteiger partial charge is 0.266 e. The quantitative estimate of drug-likeness (QED) is 0.293. The first-order valence-electron chi connectivity index (χ1n) is 11.7. The van der Waals surface area contributed by atoms with E-state index in [-0.39, 0.29) is 5.91 Å². The predicted octanol–water partition coefficient (Wildman–Crippen LogP) is 3.96. The molecule has 0 aliphatic carbocycles. The second-order valence-electron chi connectivity index (χ2n) is 8.18. The summed E-state index contributed by atoms with van der Waals surface area (Å²) in [7, 11) is 1.61. The number of benzene rings is 2. The molecule has 1 atom stereocenters. The maximum absolute atomic E-state index is 12.7. The maximum atomic E-state index is 12.7. The van der Waals surface area contributed by atoms with Crippen molar-refractivity contribution in [1.29, 1.82) is 0 Å². The van der Waals surface area contributed by atoms with E-state index < -0.39 is 6.10 Å². The van der Waals surface area contributed by atoms with Crippen molar-refractivity contribution < 1.29 is 19.1 Å². The molecule has 1 amide bonds. The van der Waals surface area contributed by atoms with Gasteiger partial charge in [-0.25, -0.2) is 0 Å². The van der Waals surface area contributed by atoms with Crippen molar-refractivity contribution in [2.24, 2.45) is 5.16 Å². The topological polar surface area (TPSA) is 63.6 Å². The molecule has 33 heavy (non-hydrogen) atoms. The number of hydrogen-bond donors (Lipinski definition) is 0. The zero-order valence-electron chi connectivity index (χ0n) is 19.9. The van der Waals surface area contributed by atoms with Gasteiger partial charge in [0, 0.05) is 38.3 Å². The number of oxime groups is 1. The summed E-state index contributed by atoms with van der Waals surface area (Å²) in [5.41, 5.74) is 2.10. The van der Waals surface area contributed by atoms with Crippen molar-refractivity contribution >= 4 is 12.1 Å². The Morgan fingerprint density at radius 3 is 2.55 bits per heavy atom. The molecule has 3 rings (SSSR count). The van der Waals surface area contributed by atoms with Gasteiger partial charge in [0.1, 0.15) is 0 Å². The van der Waals surface area contributed by atoms with Crippen LogP contribution in [-0.4, -0.2) is 67.9 Å². The number of carbonyl (C=O) groups excluding carboxylic acids is 1. The van der Waals surface area contributed by atoms with Gasteiger partial charge in [-0.05, 0) is 37.1 Å². The summed E-state index contributed by atoms with van der Waals surface area (Å²) >= 11 is 0. The van der Waals surface area contributed by atoms with Gasteiger partial charge in [0.2, 0.25) is 6.10 Å². The molecule has 1 heterocycles. The highest BCUT2D eigenvalue weighted by atomic mass is 16.6. The van der Waals surface area contributed by atoms with E-state index in [9.17, 15) is 4.79 Å². The molecule has 2 aromatic rings. The fourth-order valence-electron chi connectivity index (χ4n) is 3.66. The van der Waals surface area contributed by atoms with Crippen LogP contribution in [0.4, 0.5) is 0 Å². The van der Waals surface area contributed by atoms with Gasteiger partial charge >= 0.3 is 0 Å². The number of hydrogen-bond acceptors (Lipinski definition) is 6. The van der Waals surface area contributed by atoms with Gasteiger partial charge in [-0.1, -0.05) is 48.8 Å². The standard InChI is InChI=1S/C26H35N3O4/c1-4-5-17-32-24-12-11-23(18-25(24)31-3)19-27-33-21(2)26(30)29-15-13-28(14-16-29)20-22-9-7-6-8-10-22/h6-12,18-19,21H,4-5,13-17,20H2,1-3H3. The van der Waals surface area contributed by atoms with Crippen LogP contribution < -0.4 is 9.47 Å². The zero-order valence-corrected chi connectivity index (χ0v) is 19.9. The van der Waals surface area contributed by atoms with Crippen molar-refractivity contribution in [3.05, 3.63) is 59.7 Å². The second-order valence-corrected chi connectivity index (χ2v) is 8.18. The van der Waals surface area contributed by atoms with Crippen LogP contribution in [0, 0.1) is 0 Å². The van der Waals surface area contributed by atoms with Gasteiger partial charge < -0.3 is 19.2 Å². The van der Waals surface area contributed by atoms with Crippen LogP contribution in [0.2, 0.25) is 0 Å². The normalized spacial score (nSPS) is 15.4. The van der Waals surface area contributed by atoms with E-state index in [0.717, 1.165) is 38.0 Å². The SMILES string of the molecule is CCCCOc1ccc(C=NOC(C)C(=O)N2CCN(Cc3ccccc3)CC2)cc1OC. The summed E-state index contributed by atoms with van der Waals surface area (Å²) in [6.45, 7) is 8.51. The Labute approximate surface area is 196 Å². The van der Waals surface area contributed by atoms with Gasteiger partial charge in [0.25, 0.3) is 5.91 Å².